The van der Waals surface area contributed by atoms with E-state index in [1.54, 1.807) is 23.1 Å². The van der Waals surface area contributed by atoms with E-state index in [2.05, 4.69) is 5.32 Å². The first-order chi connectivity index (χ1) is 10.1. The Hall–Kier alpha value is -2.37. The topological polar surface area (TPSA) is 69.6 Å². The third-order valence-electron chi connectivity index (χ3n) is 3.51. The number of carbonyl (C=O) groups is 2. The van der Waals surface area contributed by atoms with E-state index in [0.717, 1.165) is 0 Å². The van der Waals surface area contributed by atoms with Crippen molar-refractivity contribution in [2.75, 3.05) is 13.1 Å². The molecule has 0 bridgehead atoms. The molecule has 0 unspecified atom stereocenters. The number of aliphatic carboxylic acids is 1. The first-order valence-electron chi connectivity index (χ1n) is 6.77. The van der Waals surface area contributed by atoms with Gasteiger partial charge in [-0.2, -0.15) is 0 Å². The van der Waals surface area contributed by atoms with Crippen LogP contribution in [0.1, 0.15) is 18.4 Å². The van der Waals surface area contributed by atoms with Crippen LogP contribution in [0.25, 0.3) is 6.08 Å². The van der Waals surface area contributed by atoms with E-state index >= 15 is 0 Å². The average molecular weight is 292 g/mol. The maximum atomic E-state index is 13.4. The lowest BCUT2D eigenvalue weighted by Crippen LogP contribution is -2.44. The van der Waals surface area contributed by atoms with Crippen LogP contribution in [0.15, 0.2) is 30.5 Å². The first-order valence-corrected chi connectivity index (χ1v) is 6.77. The summed E-state index contributed by atoms with van der Waals surface area (Å²) in [5.41, 5.74) is 0.391. The van der Waals surface area contributed by atoms with E-state index in [9.17, 15) is 14.0 Å². The summed E-state index contributed by atoms with van der Waals surface area (Å²) in [5, 5.41) is 11.5. The molecule has 2 rings (SSSR count). The Morgan fingerprint density at radius 3 is 2.57 bits per heavy atom. The molecule has 6 heteroatoms. The van der Waals surface area contributed by atoms with Gasteiger partial charge in [0.15, 0.2) is 0 Å². The fourth-order valence-electron chi connectivity index (χ4n) is 2.23. The summed E-state index contributed by atoms with van der Waals surface area (Å²) in [6, 6.07) is 5.96. The number of halogens is 1. The monoisotopic (exact) mass is 292 g/mol. The van der Waals surface area contributed by atoms with Gasteiger partial charge in [0.05, 0.1) is 5.92 Å². The van der Waals surface area contributed by atoms with Crippen LogP contribution in [0.3, 0.4) is 0 Å². The molecule has 21 heavy (non-hydrogen) atoms. The van der Waals surface area contributed by atoms with E-state index in [1.165, 1.54) is 18.3 Å². The Bertz CT molecular complexity index is 552. The predicted octanol–water partition coefficient (Wildman–Crippen LogP) is 2.30. The molecule has 0 radical (unpaired) electrons. The molecular weight excluding hydrogens is 275 g/mol. The summed E-state index contributed by atoms with van der Waals surface area (Å²) in [6.07, 6.45) is 3.79. The second-order valence-corrected chi connectivity index (χ2v) is 4.90. The van der Waals surface area contributed by atoms with E-state index < -0.39 is 5.97 Å². The highest BCUT2D eigenvalue weighted by Crippen LogP contribution is 2.17. The molecule has 0 aromatic heterocycles. The molecule has 5 nitrogen and oxygen atoms in total. The number of rotatable bonds is 3. The Labute approximate surface area is 122 Å². The van der Waals surface area contributed by atoms with Crippen LogP contribution in [0, 0.1) is 11.7 Å². The van der Waals surface area contributed by atoms with Crippen molar-refractivity contribution < 1.29 is 19.1 Å². The summed E-state index contributed by atoms with van der Waals surface area (Å²) in [6.45, 7) is 0.826. The highest BCUT2D eigenvalue weighted by Gasteiger charge is 2.26. The lowest BCUT2D eigenvalue weighted by molar-refractivity contribution is -0.143. The minimum absolute atomic E-state index is 0.300. The lowest BCUT2D eigenvalue weighted by Gasteiger charge is -2.29. The van der Waals surface area contributed by atoms with Crippen molar-refractivity contribution in [3.8, 4) is 0 Å². The third kappa shape index (κ3) is 4.05. The van der Waals surface area contributed by atoms with Crippen molar-refractivity contribution in [3.05, 3.63) is 41.8 Å². The van der Waals surface area contributed by atoms with Gasteiger partial charge in [0.25, 0.3) is 0 Å². The van der Waals surface area contributed by atoms with Crippen LogP contribution in [0.2, 0.25) is 0 Å². The lowest BCUT2D eigenvalue weighted by atomic mass is 9.97. The van der Waals surface area contributed by atoms with Crippen molar-refractivity contribution in [1.29, 1.82) is 0 Å². The highest BCUT2D eigenvalue weighted by molar-refractivity contribution is 5.77. The van der Waals surface area contributed by atoms with Gasteiger partial charge in [-0.1, -0.05) is 18.2 Å². The molecule has 1 fully saturated rings. The Morgan fingerprint density at radius 2 is 1.95 bits per heavy atom. The smallest absolute Gasteiger partial charge is 0.321 e. The van der Waals surface area contributed by atoms with Gasteiger partial charge in [-0.25, -0.2) is 9.18 Å². The Kier molecular flexibility index (Phi) is 4.92. The number of likely N-dealkylation sites (tertiary alicyclic amines) is 1. The van der Waals surface area contributed by atoms with E-state index in [1.807, 2.05) is 0 Å². The van der Waals surface area contributed by atoms with Crippen LogP contribution in [-0.4, -0.2) is 35.1 Å². The summed E-state index contributed by atoms with van der Waals surface area (Å²) in [4.78, 5) is 24.3. The minimum Gasteiger partial charge on any atom is -0.481 e. The number of piperidine rings is 1. The summed E-state index contributed by atoms with van der Waals surface area (Å²) in [7, 11) is 0. The van der Waals surface area contributed by atoms with Crippen molar-refractivity contribution in [2.45, 2.75) is 12.8 Å². The zero-order valence-electron chi connectivity index (χ0n) is 11.5. The zero-order chi connectivity index (χ0) is 15.2. The maximum absolute atomic E-state index is 13.4. The van der Waals surface area contributed by atoms with Crippen molar-refractivity contribution in [2.24, 2.45) is 5.92 Å². The van der Waals surface area contributed by atoms with Crippen molar-refractivity contribution >= 4 is 18.1 Å². The second kappa shape index (κ2) is 6.88. The number of carboxylic acid groups (broad SMARTS) is 1. The number of nitrogens with one attached hydrogen (secondary N) is 1. The van der Waals surface area contributed by atoms with Gasteiger partial charge in [0.1, 0.15) is 5.82 Å². The SMILES string of the molecule is O=C(O)C1CCN(C(=O)N/C=C/c2ccccc2F)CC1. The molecule has 1 saturated heterocycles. The Morgan fingerprint density at radius 1 is 1.29 bits per heavy atom. The number of amides is 2. The molecule has 2 N–H and O–H groups in total. The quantitative estimate of drug-likeness (QED) is 0.898. The standard InChI is InChI=1S/C15H17FN2O3/c16-13-4-2-1-3-11(13)5-8-17-15(21)18-9-6-12(7-10-18)14(19)20/h1-5,8,12H,6-7,9-10H2,(H,17,21)(H,19,20)/b8-5+. The zero-order valence-corrected chi connectivity index (χ0v) is 11.5. The van der Waals surface area contributed by atoms with Crippen LogP contribution in [-0.2, 0) is 4.79 Å². The van der Waals surface area contributed by atoms with Crippen LogP contribution < -0.4 is 5.32 Å². The molecule has 0 spiro atoms. The molecule has 1 aliphatic rings. The number of benzene rings is 1. The van der Waals surface area contributed by atoms with Crippen LogP contribution in [0.4, 0.5) is 9.18 Å². The van der Waals surface area contributed by atoms with Gasteiger partial charge in [-0.05, 0) is 25.0 Å². The van der Waals surface area contributed by atoms with Crippen LogP contribution >= 0.6 is 0 Å². The number of carbonyl (C=O) groups excluding carboxylic acids is 1. The average Bonchev–Trinajstić information content (AvgIpc) is 2.49. The van der Waals surface area contributed by atoms with Crippen molar-refractivity contribution in [3.63, 3.8) is 0 Å². The molecule has 112 valence electrons. The molecule has 1 aliphatic heterocycles. The van der Waals surface area contributed by atoms with E-state index in [0.29, 0.717) is 31.5 Å². The van der Waals surface area contributed by atoms with Crippen molar-refractivity contribution in [1.82, 2.24) is 10.2 Å². The number of hydrogen-bond donors (Lipinski definition) is 2. The number of hydrogen-bond acceptors (Lipinski definition) is 2. The van der Waals surface area contributed by atoms with Crippen LogP contribution in [0.5, 0.6) is 0 Å². The largest absolute Gasteiger partial charge is 0.481 e. The second-order valence-electron chi connectivity index (χ2n) is 4.90. The molecule has 0 saturated carbocycles. The number of nitrogens with zero attached hydrogens (tertiary/aromatic N) is 1. The maximum Gasteiger partial charge on any atom is 0.321 e. The third-order valence-corrected chi connectivity index (χ3v) is 3.51. The first kappa shape index (κ1) is 15.0. The van der Waals surface area contributed by atoms with Gasteiger partial charge < -0.3 is 15.3 Å². The molecule has 2 amide bonds. The van der Waals surface area contributed by atoms with Gasteiger partial charge in [-0.15, -0.1) is 0 Å². The highest BCUT2D eigenvalue weighted by atomic mass is 19.1. The fourth-order valence-corrected chi connectivity index (χ4v) is 2.23. The number of urea groups is 1. The normalized spacial score (nSPS) is 16.1. The summed E-state index contributed by atoms with van der Waals surface area (Å²) in [5.74, 6) is -1.54. The predicted molar refractivity (Wildman–Crippen MR) is 75.9 cm³/mol. The molecule has 0 atom stereocenters. The molecule has 1 aromatic rings. The number of carboxylic acids is 1. The summed E-state index contributed by atoms with van der Waals surface area (Å²) < 4.78 is 13.4. The van der Waals surface area contributed by atoms with Gasteiger partial charge in [0, 0.05) is 24.9 Å². The molecular formula is C15H17FN2O3. The minimum atomic E-state index is -0.811. The van der Waals surface area contributed by atoms with E-state index in [4.69, 9.17) is 5.11 Å². The van der Waals surface area contributed by atoms with Gasteiger partial charge in [0.2, 0.25) is 0 Å². The van der Waals surface area contributed by atoms with Gasteiger partial charge >= 0.3 is 12.0 Å². The molecule has 1 heterocycles. The van der Waals surface area contributed by atoms with E-state index in [-0.39, 0.29) is 17.8 Å². The molecule has 0 aliphatic carbocycles. The summed E-state index contributed by atoms with van der Waals surface area (Å²) >= 11 is 0. The Balaban J connectivity index is 1.83. The van der Waals surface area contributed by atoms with Gasteiger partial charge in [-0.3, -0.25) is 4.79 Å². The fraction of sp³-hybridized carbons (Fsp3) is 0.333. The molecule has 1 aromatic carbocycles.